The maximum Gasteiger partial charge on any atom is 0.319 e. The molecule has 1 aliphatic rings. The molecule has 0 aliphatic heterocycles. The van der Waals surface area contributed by atoms with Crippen LogP contribution in [-0.4, -0.2) is 23.1 Å². The van der Waals surface area contributed by atoms with Gasteiger partial charge in [-0.25, -0.2) is 4.79 Å². The largest absolute Gasteiger partial charge is 0.481 e. The van der Waals surface area contributed by atoms with E-state index in [1.165, 1.54) is 0 Å². The molecular formula is C13H14Cl2N2O3. The first-order chi connectivity index (χ1) is 9.47. The second-order valence-electron chi connectivity index (χ2n) is 4.74. The average Bonchev–Trinajstić information content (AvgIpc) is 3.17. The van der Waals surface area contributed by atoms with Crippen molar-refractivity contribution in [3.8, 4) is 0 Å². The number of para-hydroxylation sites is 1. The van der Waals surface area contributed by atoms with Gasteiger partial charge in [-0.1, -0.05) is 29.3 Å². The number of nitrogens with one attached hydrogen (secondary N) is 2. The fourth-order valence-electron chi connectivity index (χ4n) is 1.96. The molecule has 0 saturated heterocycles. The van der Waals surface area contributed by atoms with Crippen molar-refractivity contribution < 1.29 is 14.7 Å². The number of carboxylic acid groups (broad SMARTS) is 1. The van der Waals surface area contributed by atoms with Crippen molar-refractivity contribution >= 4 is 40.9 Å². The number of benzene rings is 1. The van der Waals surface area contributed by atoms with Crippen LogP contribution in [0.3, 0.4) is 0 Å². The third-order valence-electron chi connectivity index (χ3n) is 3.10. The molecule has 20 heavy (non-hydrogen) atoms. The predicted octanol–water partition coefficient (Wildman–Crippen LogP) is 3.37. The quantitative estimate of drug-likeness (QED) is 0.779. The summed E-state index contributed by atoms with van der Waals surface area (Å²) in [5.74, 6) is -0.698. The molecule has 1 aliphatic carbocycles. The van der Waals surface area contributed by atoms with Gasteiger partial charge in [0, 0.05) is 6.04 Å². The van der Waals surface area contributed by atoms with Crippen molar-refractivity contribution in [1.29, 1.82) is 0 Å². The summed E-state index contributed by atoms with van der Waals surface area (Å²) >= 11 is 11.9. The molecule has 0 radical (unpaired) electrons. The lowest BCUT2D eigenvalue weighted by atomic mass is 10.1. The van der Waals surface area contributed by atoms with E-state index in [0.717, 1.165) is 12.8 Å². The van der Waals surface area contributed by atoms with Gasteiger partial charge in [-0.15, -0.1) is 0 Å². The lowest BCUT2D eigenvalue weighted by molar-refractivity contribution is -0.137. The fraction of sp³-hybridized carbons (Fsp3) is 0.385. The van der Waals surface area contributed by atoms with Gasteiger partial charge in [-0.05, 0) is 30.9 Å². The number of anilines is 1. The van der Waals surface area contributed by atoms with Gasteiger partial charge in [0.05, 0.1) is 22.2 Å². The van der Waals surface area contributed by atoms with Gasteiger partial charge in [-0.3, -0.25) is 4.79 Å². The Bertz CT molecular complexity index is 512. The molecule has 0 spiro atoms. The maximum atomic E-state index is 11.9. The van der Waals surface area contributed by atoms with Gasteiger partial charge < -0.3 is 15.7 Å². The maximum absolute atomic E-state index is 11.9. The molecule has 2 rings (SSSR count). The summed E-state index contributed by atoms with van der Waals surface area (Å²) in [6.45, 7) is 0. The number of aliphatic carboxylic acids is 1. The number of rotatable bonds is 5. The van der Waals surface area contributed by atoms with Crippen LogP contribution >= 0.6 is 23.2 Å². The van der Waals surface area contributed by atoms with Crippen molar-refractivity contribution in [3.05, 3.63) is 28.2 Å². The Morgan fingerprint density at radius 2 is 1.90 bits per heavy atom. The molecule has 1 aromatic carbocycles. The van der Waals surface area contributed by atoms with Crippen molar-refractivity contribution in [2.24, 2.45) is 5.92 Å². The number of carboxylic acids is 1. The van der Waals surface area contributed by atoms with Gasteiger partial charge in [0.25, 0.3) is 0 Å². The monoisotopic (exact) mass is 316 g/mol. The fourth-order valence-corrected chi connectivity index (χ4v) is 2.45. The minimum Gasteiger partial charge on any atom is -0.481 e. The van der Waals surface area contributed by atoms with E-state index in [0.29, 0.717) is 15.7 Å². The average molecular weight is 317 g/mol. The molecular weight excluding hydrogens is 303 g/mol. The van der Waals surface area contributed by atoms with Crippen LogP contribution in [0.1, 0.15) is 19.3 Å². The lowest BCUT2D eigenvalue weighted by Crippen LogP contribution is -2.40. The van der Waals surface area contributed by atoms with Crippen molar-refractivity contribution in [2.45, 2.75) is 25.3 Å². The number of hydrogen-bond donors (Lipinski definition) is 3. The molecule has 5 nitrogen and oxygen atoms in total. The van der Waals surface area contributed by atoms with Crippen LogP contribution in [-0.2, 0) is 4.79 Å². The van der Waals surface area contributed by atoms with Crippen LogP contribution in [0.25, 0.3) is 0 Å². The molecule has 0 bridgehead atoms. The first-order valence-electron chi connectivity index (χ1n) is 6.20. The molecule has 1 aromatic rings. The SMILES string of the molecule is O=C(O)CC(NC(=O)Nc1c(Cl)cccc1Cl)C1CC1. The second-order valence-corrected chi connectivity index (χ2v) is 5.55. The Morgan fingerprint density at radius 3 is 2.40 bits per heavy atom. The zero-order valence-corrected chi connectivity index (χ0v) is 12.0. The Labute approximate surface area is 126 Å². The van der Waals surface area contributed by atoms with E-state index in [1.807, 2.05) is 0 Å². The summed E-state index contributed by atoms with van der Waals surface area (Å²) in [5.41, 5.74) is 0.318. The van der Waals surface area contributed by atoms with Crippen molar-refractivity contribution in [3.63, 3.8) is 0 Å². The zero-order valence-electron chi connectivity index (χ0n) is 10.5. The molecule has 7 heteroatoms. The summed E-state index contributed by atoms with van der Waals surface area (Å²) < 4.78 is 0. The highest BCUT2D eigenvalue weighted by Crippen LogP contribution is 2.34. The van der Waals surface area contributed by atoms with E-state index in [9.17, 15) is 9.59 Å². The number of urea groups is 1. The normalized spacial score (nSPS) is 15.5. The minimum absolute atomic E-state index is 0.0889. The summed E-state index contributed by atoms with van der Waals surface area (Å²) in [4.78, 5) is 22.7. The third kappa shape index (κ3) is 4.02. The topological polar surface area (TPSA) is 78.4 Å². The van der Waals surface area contributed by atoms with Crippen LogP contribution in [0.15, 0.2) is 18.2 Å². The highest BCUT2D eigenvalue weighted by atomic mass is 35.5. The Morgan fingerprint density at radius 1 is 1.30 bits per heavy atom. The number of carbonyl (C=O) groups is 2. The third-order valence-corrected chi connectivity index (χ3v) is 3.73. The smallest absolute Gasteiger partial charge is 0.319 e. The van der Waals surface area contributed by atoms with Crippen LogP contribution in [0, 0.1) is 5.92 Å². The summed E-state index contributed by atoms with van der Waals surface area (Å²) in [6.07, 6.45) is 1.78. The number of halogens is 2. The van der Waals surface area contributed by atoms with Gasteiger partial charge in [0.15, 0.2) is 0 Å². The molecule has 0 heterocycles. The summed E-state index contributed by atoms with van der Waals surface area (Å²) in [5, 5.41) is 14.7. The van der Waals surface area contributed by atoms with E-state index >= 15 is 0 Å². The molecule has 1 atom stereocenters. The van der Waals surface area contributed by atoms with E-state index in [-0.39, 0.29) is 18.4 Å². The van der Waals surface area contributed by atoms with Crippen molar-refractivity contribution in [1.82, 2.24) is 5.32 Å². The Kier molecular flexibility index (Phi) is 4.73. The number of hydrogen-bond acceptors (Lipinski definition) is 2. The second kappa shape index (κ2) is 6.33. The Hall–Kier alpha value is -1.46. The van der Waals surface area contributed by atoms with Gasteiger partial charge in [-0.2, -0.15) is 0 Å². The van der Waals surface area contributed by atoms with E-state index in [1.54, 1.807) is 18.2 Å². The number of carbonyl (C=O) groups excluding carboxylic acids is 1. The van der Waals surface area contributed by atoms with Crippen LogP contribution in [0.5, 0.6) is 0 Å². The summed E-state index contributed by atoms with van der Waals surface area (Å²) in [7, 11) is 0. The molecule has 108 valence electrons. The number of amides is 2. The van der Waals surface area contributed by atoms with Gasteiger partial charge >= 0.3 is 12.0 Å². The molecule has 3 N–H and O–H groups in total. The summed E-state index contributed by atoms with van der Waals surface area (Å²) in [6, 6.07) is 4.02. The van der Waals surface area contributed by atoms with Crippen LogP contribution in [0.2, 0.25) is 10.0 Å². The molecule has 1 saturated carbocycles. The molecule has 0 aromatic heterocycles. The van der Waals surface area contributed by atoms with Gasteiger partial charge in [0.2, 0.25) is 0 Å². The highest BCUT2D eigenvalue weighted by Gasteiger charge is 2.33. The van der Waals surface area contributed by atoms with E-state index in [2.05, 4.69) is 10.6 Å². The van der Waals surface area contributed by atoms with Crippen LogP contribution < -0.4 is 10.6 Å². The molecule has 1 fully saturated rings. The predicted molar refractivity (Wildman–Crippen MR) is 77.4 cm³/mol. The van der Waals surface area contributed by atoms with E-state index in [4.69, 9.17) is 28.3 Å². The van der Waals surface area contributed by atoms with E-state index < -0.39 is 12.0 Å². The van der Waals surface area contributed by atoms with Crippen LogP contribution in [0.4, 0.5) is 10.5 Å². The van der Waals surface area contributed by atoms with Crippen molar-refractivity contribution in [2.75, 3.05) is 5.32 Å². The lowest BCUT2D eigenvalue weighted by Gasteiger charge is -2.17. The molecule has 1 unspecified atom stereocenters. The van der Waals surface area contributed by atoms with Gasteiger partial charge in [0.1, 0.15) is 0 Å². The highest BCUT2D eigenvalue weighted by molar-refractivity contribution is 6.39. The first-order valence-corrected chi connectivity index (χ1v) is 6.96. The Balaban J connectivity index is 1.99. The standard InChI is InChI=1S/C13H14Cl2N2O3/c14-8-2-1-3-9(15)12(8)17-13(20)16-10(6-11(18)19)7-4-5-7/h1-3,7,10H,4-6H2,(H,18,19)(H2,16,17,20). The minimum atomic E-state index is -0.932. The first kappa shape index (κ1) is 14.9. The molecule has 2 amide bonds. The zero-order chi connectivity index (χ0) is 14.7.